The van der Waals surface area contributed by atoms with Crippen molar-refractivity contribution in [2.24, 2.45) is 32.9 Å². The van der Waals surface area contributed by atoms with Crippen LogP contribution >= 0.6 is 15.9 Å². The number of primary sulfonamides is 2. The number of aromatic nitrogens is 2. The fourth-order valence-corrected chi connectivity index (χ4v) is 7.01. The van der Waals surface area contributed by atoms with Crippen LogP contribution < -0.4 is 10.3 Å². The SMILES string of the molecule is C#CCCC1CCC(C)(C)C1.CC1(C)CCC(CCC#Cc2cccc(S(N)(=O)=O)n2)C1.NS(=O)(=O)c1cccc(Br)n1. The van der Waals surface area contributed by atoms with E-state index >= 15 is 0 Å². The van der Waals surface area contributed by atoms with E-state index in [4.69, 9.17) is 16.7 Å². The first-order chi connectivity index (χ1) is 19.9. The van der Waals surface area contributed by atoms with Crippen molar-refractivity contribution in [3.05, 3.63) is 46.7 Å². The number of pyridine rings is 2. The Bertz CT molecular complexity index is 1540. The van der Waals surface area contributed by atoms with Crippen LogP contribution in [0.15, 0.2) is 51.1 Å². The Hall–Kier alpha value is -2.28. The molecule has 2 heterocycles. The predicted octanol–water partition coefficient (Wildman–Crippen LogP) is 6.40. The van der Waals surface area contributed by atoms with Gasteiger partial charge in [-0.15, -0.1) is 12.3 Å². The molecule has 2 aromatic rings. The van der Waals surface area contributed by atoms with Gasteiger partial charge in [-0.25, -0.2) is 37.1 Å². The van der Waals surface area contributed by atoms with Crippen molar-refractivity contribution in [3.8, 4) is 24.2 Å². The van der Waals surface area contributed by atoms with Gasteiger partial charge in [-0.05, 0) is 120 Å². The van der Waals surface area contributed by atoms with Crippen molar-refractivity contribution < 1.29 is 16.8 Å². The summed E-state index contributed by atoms with van der Waals surface area (Å²) in [4.78, 5) is 7.60. The zero-order valence-corrected chi connectivity index (χ0v) is 28.9. The third-order valence-corrected chi connectivity index (χ3v) is 9.79. The lowest BCUT2D eigenvalue weighted by atomic mass is 9.89. The van der Waals surface area contributed by atoms with Gasteiger partial charge >= 0.3 is 0 Å². The van der Waals surface area contributed by atoms with Gasteiger partial charge in [0.15, 0.2) is 10.1 Å². The molecule has 43 heavy (non-hydrogen) atoms. The molecule has 0 amide bonds. The Kier molecular flexibility index (Phi) is 13.9. The van der Waals surface area contributed by atoms with Gasteiger partial charge in [-0.3, -0.25) is 0 Å². The minimum absolute atomic E-state index is 0.133. The normalized spacial score (nSPS) is 20.3. The van der Waals surface area contributed by atoms with Crippen molar-refractivity contribution in [1.82, 2.24) is 9.97 Å². The highest BCUT2D eigenvalue weighted by molar-refractivity contribution is 9.10. The van der Waals surface area contributed by atoms with Gasteiger partial charge in [0, 0.05) is 12.8 Å². The number of terminal acetylenes is 1. The number of halogens is 1. The van der Waals surface area contributed by atoms with Gasteiger partial charge in [0.25, 0.3) is 20.0 Å². The lowest BCUT2D eigenvalue weighted by molar-refractivity contribution is 0.355. The third-order valence-electron chi connectivity index (χ3n) is 7.73. The van der Waals surface area contributed by atoms with Gasteiger partial charge in [0.1, 0.15) is 10.3 Å². The quantitative estimate of drug-likeness (QED) is 0.264. The van der Waals surface area contributed by atoms with Crippen molar-refractivity contribution in [2.45, 2.75) is 102 Å². The lowest BCUT2D eigenvalue weighted by Gasteiger charge is -2.16. The summed E-state index contributed by atoms with van der Waals surface area (Å²) in [5.74, 6) is 10.4. The molecular formula is C32H45BrN4O4S2. The van der Waals surface area contributed by atoms with Crippen molar-refractivity contribution >= 4 is 36.0 Å². The fraction of sp³-hybridized carbons (Fsp3) is 0.562. The monoisotopic (exact) mass is 692 g/mol. The molecule has 0 spiro atoms. The molecule has 2 saturated carbocycles. The first-order valence-corrected chi connectivity index (χ1v) is 18.4. The van der Waals surface area contributed by atoms with E-state index in [9.17, 15) is 16.8 Å². The standard InChI is InChI=1S/C16H22N2O2S.C11H18.C5H5BrN2O2S/c1-16(2)11-10-13(12-16)6-3-4-7-14-8-5-9-15(18-14)21(17,19)20;1-4-5-6-10-7-8-11(2,3)9-10;6-4-2-1-3-5(8-4)11(7,9)10/h5,8-9,13H,3,6,10-12H2,1-2H3,(H2,17,19,20);1,10H,5-9H2,2-3H3;1-3H,(H2,7,9,10). The van der Waals surface area contributed by atoms with Gasteiger partial charge in [-0.1, -0.05) is 45.7 Å². The summed E-state index contributed by atoms with van der Waals surface area (Å²) in [6.45, 7) is 9.37. The molecule has 2 aromatic heterocycles. The van der Waals surface area contributed by atoms with Crippen molar-refractivity contribution in [3.63, 3.8) is 0 Å². The van der Waals surface area contributed by atoms with Crippen molar-refractivity contribution in [2.75, 3.05) is 0 Å². The number of nitrogens with two attached hydrogens (primary N) is 2. The number of hydrogen-bond acceptors (Lipinski definition) is 6. The maximum Gasteiger partial charge on any atom is 0.255 e. The largest absolute Gasteiger partial charge is 0.255 e. The molecule has 11 heteroatoms. The second-order valence-electron chi connectivity index (χ2n) is 12.9. The number of hydrogen-bond donors (Lipinski definition) is 2. The molecular weight excluding hydrogens is 648 g/mol. The van der Waals surface area contributed by atoms with Gasteiger partial charge in [0.2, 0.25) is 0 Å². The minimum atomic E-state index is -3.76. The Morgan fingerprint density at radius 2 is 1.33 bits per heavy atom. The summed E-state index contributed by atoms with van der Waals surface area (Å²) in [6.07, 6.45) is 17.4. The van der Waals surface area contributed by atoms with E-state index in [0.717, 1.165) is 31.1 Å². The number of nitrogens with zero attached hydrogens (tertiary/aromatic N) is 2. The van der Waals surface area contributed by atoms with E-state index in [1.165, 1.54) is 57.1 Å². The maximum atomic E-state index is 11.2. The number of sulfonamides is 2. The average molecular weight is 694 g/mol. The summed E-state index contributed by atoms with van der Waals surface area (Å²) < 4.78 is 44.2. The summed E-state index contributed by atoms with van der Waals surface area (Å²) >= 11 is 3.02. The van der Waals surface area contributed by atoms with Gasteiger partial charge < -0.3 is 0 Å². The minimum Gasteiger partial charge on any atom is -0.228 e. The van der Waals surface area contributed by atoms with E-state index in [1.807, 2.05) is 0 Å². The molecule has 0 aromatic carbocycles. The van der Waals surface area contributed by atoms with E-state index in [1.54, 1.807) is 24.3 Å². The first kappa shape index (κ1) is 36.9. The van der Waals surface area contributed by atoms with Crippen LogP contribution in [0.3, 0.4) is 0 Å². The summed E-state index contributed by atoms with van der Waals surface area (Å²) in [7, 11) is -7.43. The van der Waals surface area contributed by atoms with E-state index in [2.05, 4.69) is 71.4 Å². The smallest absolute Gasteiger partial charge is 0.228 e. The highest BCUT2D eigenvalue weighted by Gasteiger charge is 2.30. The molecule has 0 saturated heterocycles. The first-order valence-electron chi connectivity index (χ1n) is 14.5. The molecule has 0 bridgehead atoms. The number of rotatable bonds is 6. The molecule has 8 nitrogen and oxygen atoms in total. The molecule has 2 aliphatic carbocycles. The van der Waals surface area contributed by atoms with Crippen LogP contribution in [0.25, 0.3) is 0 Å². The van der Waals surface area contributed by atoms with Crippen LogP contribution in [0.1, 0.15) is 97.6 Å². The zero-order valence-electron chi connectivity index (χ0n) is 25.6. The van der Waals surface area contributed by atoms with E-state index in [0.29, 0.717) is 21.1 Å². The topological polar surface area (TPSA) is 146 Å². The zero-order chi connectivity index (χ0) is 32.3. The predicted molar refractivity (Wildman–Crippen MR) is 175 cm³/mol. The molecule has 4 rings (SSSR count). The summed E-state index contributed by atoms with van der Waals surface area (Å²) in [6, 6.07) is 9.18. The van der Waals surface area contributed by atoms with Gasteiger partial charge in [0.05, 0.1) is 0 Å². The molecule has 236 valence electrons. The maximum absolute atomic E-state index is 11.2. The average Bonchev–Trinajstić information content (AvgIpc) is 3.45. The molecule has 0 radical (unpaired) electrons. The highest BCUT2D eigenvalue weighted by Crippen LogP contribution is 2.43. The second kappa shape index (κ2) is 16.2. The molecule has 2 unspecified atom stereocenters. The summed E-state index contributed by atoms with van der Waals surface area (Å²) in [5.41, 5.74) is 1.52. The Morgan fingerprint density at radius 3 is 1.74 bits per heavy atom. The van der Waals surface area contributed by atoms with Crippen LogP contribution in [-0.2, 0) is 20.0 Å². The Morgan fingerprint density at radius 1 is 0.837 bits per heavy atom. The van der Waals surface area contributed by atoms with Crippen LogP contribution in [0.2, 0.25) is 0 Å². The highest BCUT2D eigenvalue weighted by atomic mass is 79.9. The summed E-state index contributed by atoms with van der Waals surface area (Å²) in [5, 5.41) is 9.60. The second-order valence-corrected chi connectivity index (χ2v) is 16.7. The molecule has 2 fully saturated rings. The van der Waals surface area contributed by atoms with Crippen molar-refractivity contribution in [1.29, 1.82) is 0 Å². The van der Waals surface area contributed by atoms with Crippen LogP contribution in [0.5, 0.6) is 0 Å². The van der Waals surface area contributed by atoms with E-state index < -0.39 is 20.0 Å². The lowest BCUT2D eigenvalue weighted by Crippen LogP contribution is -2.14. The third kappa shape index (κ3) is 14.4. The van der Waals surface area contributed by atoms with Crippen LogP contribution in [0, 0.1) is 46.9 Å². The van der Waals surface area contributed by atoms with Gasteiger partial charge in [-0.2, -0.15) is 0 Å². The van der Waals surface area contributed by atoms with Crippen LogP contribution in [0.4, 0.5) is 0 Å². The molecule has 0 aliphatic heterocycles. The van der Waals surface area contributed by atoms with E-state index in [-0.39, 0.29) is 10.1 Å². The Balaban J connectivity index is 0.000000247. The molecule has 4 N–H and O–H groups in total. The molecule has 2 aliphatic rings. The Labute approximate surface area is 267 Å². The van der Waals surface area contributed by atoms with Crippen LogP contribution in [-0.4, -0.2) is 26.8 Å². The molecule has 2 atom stereocenters. The fourth-order valence-electron chi connectivity index (χ4n) is 5.56.